The van der Waals surface area contributed by atoms with E-state index in [9.17, 15) is 4.79 Å². The maximum Gasteiger partial charge on any atom is 0.220 e. The zero-order valence-electron chi connectivity index (χ0n) is 11.7. The second kappa shape index (κ2) is 8.37. The molecule has 1 aromatic rings. The molecular formula is C14H21NO4. The van der Waals surface area contributed by atoms with E-state index in [0.717, 1.165) is 17.1 Å². The number of benzene rings is 1. The van der Waals surface area contributed by atoms with Crippen molar-refractivity contribution in [3.05, 3.63) is 23.8 Å². The fourth-order valence-electron chi connectivity index (χ4n) is 1.65. The first kappa shape index (κ1) is 15.3. The van der Waals surface area contributed by atoms with Crippen LogP contribution in [-0.4, -0.2) is 40.4 Å². The van der Waals surface area contributed by atoms with Crippen molar-refractivity contribution in [1.29, 1.82) is 0 Å². The van der Waals surface area contributed by atoms with Crippen molar-refractivity contribution in [2.24, 2.45) is 0 Å². The topological polar surface area (TPSA) is 56.8 Å². The number of ether oxygens (including phenoxy) is 3. The number of carbonyl (C=O) groups is 1. The van der Waals surface area contributed by atoms with Crippen LogP contribution in [-0.2, 0) is 16.0 Å². The van der Waals surface area contributed by atoms with Crippen molar-refractivity contribution >= 4 is 5.91 Å². The molecule has 19 heavy (non-hydrogen) atoms. The Bertz CT molecular complexity index is 384. The largest absolute Gasteiger partial charge is 0.497 e. The monoisotopic (exact) mass is 267 g/mol. The zero-order chi connectivity index (χ0) is 14.1. The van der Waals surface area contributed by atoms with Gasteiger partial charge < -0.3 is 19.5 Å². The lowest BCUT2D eigenvalue weighted by atomic mass is 10.1. The third-order valence-electron chi connectivity index (χ3n) is 2.68. The van der Waals surface area contributed by atoms with Gasteiger partial charge in [0, 0.05) is 26.1 Å². The van der Waals surface area contributed by atoms with Gasteiger partial charge in [-0.2, -0.15) is 0 Å². The van der Waals surface area contributed by atoms with E-state index >= 15 is 0 Å². The lowest BCUT2D eigenvalue weighted by molar-refractivity contribution is -0.121. The van der Waals surface area contributed by atoms with Crippen molar-refractivity contribution < 1.29 is 19.0 Å². The van der Waals surface area contributed by atoms with Gasteiger partial charge in [-0.05, 0) is 24.1 Å². The third-order valence-corrected chi connectivity index (χ3v) is 2.68. The summed E-state index contributed by atoms with van der Waals surface area (Å²) >= 11 is 0. The molecule has 0 saturated heterocycles. The van der Waals surface area contributed by atoms with Crippen LogP contribution in [0.1, 0.15) is 12.0 Å². The van der Waals surface area contributed by atoms with E-state index < -0.39 is 0 Å². The number of methoxy groups -OCH3 is 3. The number of hydrogen-bond acceptors (Lipinski definition) is 4. The lowest BCUT2D eigenvalue weighted by Crippen LogP contribution is -2.27. The van der Waals surface area contributed by atoms with Gasteiger partial charge in [-0.15, -0.1) is 0 Å². The van der Waals surface area contributed by atoms with E-state index in [2.05, 4.69) is 5.32 Å². The molecule has 1 aromatic carbocycles. The Morgan fingerprint density at radius 2 is 1.74 bits per heavy atom. The fraction of sp³-hybridized carbons (Fsp3) is 0.500. The fourth-order valence-corrected chi connectivity index (χ4v) is 1.65. The summed E-state index contributed by atoms with van der Waals surface area (Å²) < 4.78 is 15.2. The standard InChI is InChI=1S/C14H21NO4/c1-17-7-6-15-14(16)5-4-11-8-12(18-2)10-13(9-11)19-3/h8-10H,4-7H2,1-3H3,(H,15,16). The summed E-state index contributed by atoms with van der Waals surface area (Å²) in [6.45, 7) is 1.06. The van der Waals surface area contributed by atoms with Crippen molar-refractivity contribution in [3.63, 3.8) is 0 Å². The number of rotatable bonds is 8. The molecule has 0 aliphatic carbocycles. The van der Waals surface area contributed by atoms with Crippen molar-refractivity contribution in [3.8, 4) is 11.5 Å². The first-order valence-electron chi connectivity index (χ1n) is 6.17. The minimum atomic E-state index is 0.0128. The smallest absolute Gasteiger partial charge is 0.220 e. The average molecular weight is 267 g/mol. The van der Waals surface area contributed by atoms with Gasteiger partial charge in [0.1, 0.15) is 11.5 Å². The summed E-state index contributed by atoms with van der Waals surface area (Å²) in [6, 6.07) is 5.62. The molecule has 0 unspecified atom stereocenters. The Kier molecular flexibility index (Phi) is 6.74. The average Bonchev–Trinajstić information content (AvgIpc) is 2.45. The first-order valence-corrected chi connectivity index (χ1v) is 6.17. The van der Waals surface area contributed by atoms with Crippen molar-refractivity contribution in [1.82, 2.24) is 5.32 Å². The van der Waals surface area contributed by atoms with Gasteiger partial charge in [0.05, 0.1) is 20.8 Å². The van der Waals surface area contributed by atoms with Crippen LogP contribution in [0.5, 0.6) is 11.5 Å². The maximum atomic E-state index is 11.6. The van der Waals surface area contributed by atoms with Crippen LogP contribution < -0.4 is 14.8 Å². The quantitative estimate of drug-likeness (QED) is 0.723. The number of aryl methyl sites for hydroxylation is 1. The second-order valence-corrected chi connectivity index (χ2v) is 4.06. The van der Waals surface area contributed by atoms with Crippen LogP contribution in [0.3, 0.4) is 0 Å². The molecule has 0 aliphatic rings. The summed E-state index contributed by atoms with van der Waals surface area (Å²) in [5.74, 6) is 1.47. The van der Waals surface area contributed by atoms with Crippen molar-refractivity contribution in [2.75, 3.05) is 34.5 Å². The number of amides is 1. The Morgan fingerprint density at radius 1 is 1.11 bits per heavy atom. The van der Waals surface area contributed by atoms with Gasteiger partial charge in [-0.3, -0.25) is 4.79 Å². The highest BCUT2D eigenvalue weighted by Gasteiger charge is 2.05. The summed E-state index contributed by atoms with van der Waals surface area (Å²) in [6.07, 6.45) is 1.08. The Labute approximate surface area is 113 Å². The highest BCUT2D eigenvalue weighted by atomic mass is 16.5. The van der Waals surface area contributed by atoms with Crippen LogP contribution in [0.4, 0.5) is 0 Å². The van der Waals surface area contributed by atoms with E-state index in [4.69, 9.17) is 14.2 Å². The normalized spacial score (nSPS) is 10.1. The number of hydrogen-bond donors (Lipinski definition) is 1. The molecule has 106 valence electrons. The van der Waals surface area contributed by atoms with Crippen LogP contribution in [0.25, 0.3) is 0 Å². The first-order chi connectivity index (χ1) is 9.19. The Balaban J connectivity index is 2.50. The molecule has 5 nitrogen and oxygen atoms in total. The molecule has 0 radical (unpaired) electrons. The molecule has 0 spiro atoms. The molecule has 0 heterocycles. The molecule has 0 saturated carbocycles. The molecule has 1 N–H and O–H groups in total. The predicted molar refractivity (Wildman–Crippen MR) is 72.8 cm³/mol. The molecule has 0 fully saturated rings. The predicted octanol–water partition coefficient (Wildman–Crippen LogP) is 1.40. The lowest BCUT2D eigenvalue weighted by Gasteiger charge is -2.08. The van der Waals surface area contributed by atoms with Gasteiger partial charge in [-0.1, -0.05) is 0 Å². The van der Waals surface area contributed by atoms with Crippen LogP contribution in [0.15, 0.2) is 18.2 Å². The molecule has 0 aromatic heterocycles. The molecule has 0 atom stereocenters. The summed E-state index contributed by atoms with van der Waals surface area (Å²) in [5, 5.41) is 2.78. The number of carbonyl (C=O) groups excluding carboxylic acids is 1. The highest BCUT2D eigenvalue weighted by molar-refractivity contribution is 5.76. The minimum absolute atomic E-state index is 0.0128. The van der Waals surface area contributed by atoms with E-state index in [1.54, 1.807) is 21.3 Å². The van der Waals surface area contributed by atoms with Crippen LogP contribution in [0, 0.1) is 0 Å². The summed E-state index contributed by atoms with van der Waals surface area (Å²) in [5.41, 5.74) is 1.01. The highest BCUT2D eigenvalue weighted by Crippen LogP contribution is 2.23. The van der Waals surface area contributed by atoms with Gasteiger partial charge in [0.15, 0.2) is 0 Å². The van der Waals surface area contributed by atoms with Gasteiger partial charge >= 0.3 is 0 Å². The summed E-state index contributed by atoms with van der Waals surface area (Å²) in [4.78, 5) is 11.6. The molecule has 1 amide bonds. The zero-order valence-corrected chi connectivity index (χ0v) is 11.7. The SMILES string of the molecule is COCCNC(=O)CCc1cc(OC)cc(OC)c1. The van der Waals surface area contributed by atoms with E-state index in [-0.39, 0.29) is 5.91 Å². The molecule has 1 rings (SSSR count). The van der Waals surface area contributed by atoms with Crippen LogP contribution in [0.2, 0.25) is 0 Å². The molecular weight excluding hydrogens is 246 g/mol. The van der Waals surface area contributed by atoms with E-state index in [1.165, 1.54) is 0 Å². The van der Waals surface area contributed by atoms with Crippen molar-refractivity contribution in [2.45, 2.75) is 12.8 Å². The van der Waals surface area contributed by atoms with Gasteiger partial charge in [0.25, 0.3) is 0 Å². The van der Waals surface area contributed by atoms with Crippen LogP contribution >= 0.6 is 0 Å². The van der Waals surface area contributed by atoms with E-state index in [0.29, 0.717) is 26.0 Å². The van der Waals surface area contributed by atoms with Gasteiger partial charge in [0.2, 0.25) is 5.91 Å². The molecule has 5 heteroatoms. The Morgan fingerprint density at radius 3 is 2.26 bits per heavy atom. The third kappa shape index (κ3) is 5.61. The summed E-state index contributed by atoms with van der Waals surface area (Å²) in [7, 11) is 4.82. The molecule has 0 bridgehead atoms. The maximum absolute atomic E-state index is 11.6. The van der Waals surface area contributed by atoms with E-state index in [1.807, 2.05) is 18.2 Å². The Hall–Kier alpha value is -1.75. The second-order valence-electron chi connectivity index (χ2n) is 4.06. The number of nitrogens with one attached hydrogen (secondary N) is 1. The minimum Gasteiger partial charge on any atom is -0.497 e. The molecule has 0 aliphatic heterocycles. The van der Waals surface area contributed by atoms with Gasteiger partial charge in [-0.25, -0.2) is 0 Å².